The molecule has 4 nitrogen and oxygen atoms in total. The Bertz CT molecular complexity index is 480. The van der Waals surface area contributed by atoms with Crippen molar-refractivity contribution in [1.29, 1.82) is 0 Å². The van der Waals surface area contributed by atoms with Gasteiger partial charge in [0, 0.05) is 24.3 Å². The molecule has 1 saturated heterocycles. The Hall–Kier alpha value is -1.45. The van der Waals surface area contributed by atoms with Crippen LogP contribution in [0.3, 0.4) is 0 Å². The number of anilines is 1. The van der Waals surface area contributed by atoms with Gasteiger partial charge in [0.25, 0.3) is 5.91 Å². The molecule has 19 heavy (non-hydrogen) atoms. The predicted octanol–water partition coefficient (Wildman–Crippen LogP) is 2.81. The molecule has 1 saturated carbocycles. The van der Waals surface area contributed by atoms with E-state index >= 15 is 0 Å². The van der Waals surface area contributed by atoms with E-state index in [-0.39, 0.29) is 5.91 Å². The van der Waals surface area contributed by atoms with E-state index in [4.69, 9.17) is 5.73 Å². The van der Waals surface area contributed by atoms with Gasteiger partial charge in [-0.3, -0.25) is 4.79 Å². The number of piperidine rings is 1. The van der Waals surface area contributed by atoms with E-state index in [0.29, 0.717) is 23.8 Å². The molecule has 1 amide bonds. The highest BCUT2D eigenvalue weighted by Crippen LogP contribution is 2.38. The first-order valence-electron chi connectivity index (χ1n) is 7.38. The van der Waals surface area contributed by atoms with Crippen LogP contribution in [-0.2, 0) is 0 Å². The standard InChI is InChI=1S/C15H23N3O/c1-10-4-3-5-11(2)18(10)15(19)14-8-12(16)9-17(14)13-6-7-13/h8-11,13H,3-7,16H2,1-2H3/t10-,11+. The predicted molar refractivity (Wildman–Crippen MR) is 76.1 cm³/mol. The second-order valence-corrected chi connectivity index (χ2v) is 6.14. The maximum absolute atomic E-state index is 12.8. The van der Waals surface area contributed by atoms with Gasteiger partial charge in [0.2, 0.25) is 0 Å². The Kier molecular flexibility index (Phi) is 3.03. The van der Waals surface area contributed by atoms with E-state index in [0.717, 1.165) is 18.5 Å². The van der Waals surface area contributed by atoms with Crippen LogP contribution in [-0.4, -0.2) is 27.5 Å². The first-order valence-corrected chi connectivity index (χ1v) is 7.38. The van der Waals surface area contributed by atoms with Crippen LogP contribution in [0.5, 0.6) is 0 Å². The number of aromatic nitrogens is 1. The Morgan fingerprint density at radius 1 is 1.21 bits per heavy atom. The Morgan fingerprint density at radius 3 is 2.42 bits per heavy atom. The number of nitrogen functional groups attached to an aromatic ring is 1. The molecule has 2 N–H and O–H groups in total. The van der Waals surface area contributed by atoms with Gasteiger partial charge in [0.1, 0.15) is 5.69 Å². The Morgan fingerprint density at radius 2 is 1.84 bits per heavy atom. The van der Waals surface area contributed by atoms with Crippen LogP contribution in [0.15, 0.2) is 12.3 Å². The Labute approximate surface area is 114 Å². The van der Waals surface area contributed by atoms with Crippen molar-refractivity contribution in [3.8, 4) is 0 Å². The zero-order valence-corrected chi connectivity index (χ0v) is 11.8. The average Bonchev–Trinajstić information content (AvgIpc) is 3.12. The summed E-state index contributed by atoms with van der Waals surface area (Å²) in [6.07, 6.45) is 7.69. The lowest BCUT2D eigenvalue weighted by Gasteiger charge is -2.39. The van der Waals surface area contributed by atoms with E-state index in [1.165, 1.54) is 19.3 Å². The third-order valence-corrected chi connectivity index (χ3v) is 4.46. The molecule has 0 aromatic carbocycles. The van der Waals surface area contributed by atoms with Crippen LogP contribution in [0.25, 0.3) is 0 Å². The van der Waals surface area contributed by atoms with Gasteiger partial charge in [-0.1, -0.05) is 0 Å². The number of amides is 1. The second kappa shape index (κ2) is 4.58. The summed E-state index contributed by atoms with van der Waals surface area (Å²) in [5, 5.41) is 0. The van der Waals surface area contributed by atoms with E-state index in [1.54, 1.807) is 0 Å². The number of likely N-dealkylation sites (tertiary alicyclic amines) is 1. The summed E-state index contributed by atoms with van der Waals surface area (Å²) in [5.41, 5.74) is 7.37. The molecule has 1 aliphatic heterocycles. The third kappa shape index (κ3) is 2.24. The third-order valence-electron chi connectivity index (χ3n) is 4.46. The highest BCUT2D eigenvalue weighted by molar-refractivity contribution is 5.94. The normalized spacial score (nSPS) is 27.6. The van der Waals surface area contributed by atoms with Crippen LogP contribution in [0.4, 0.5) is 5.69 Å². The molecular weight excluding hydrogens is 238 g/mol. The highest BCUT2D eigenvalue weighted by Gasteiger charge is 2.34. The summed E-state index contributed by atoms with van der Waals surface area (Å²) in [6, 6.07) is 3.00. The molecule has 4 heteroatoms. The molecule has 104 valence electrons. The van der Waals surface area contributed by atoms with Crippen LogP contribution < -0.4 is 5.73 Å². The summed E-state index contributed by atoms with van der Waals surface area (Å²) in [5.74, 6) is 0.156. The van der Waals surface area contributed by atoms with E-state index in [9.17, 15) is 4.79 Å². The molecule has 0 radical (unpaired) electrons. The summed E-state index contributed by atoms with van der Waals surface area (Å²) < 4.78 is 2.09. The number of hydrogen-bond acceptors (Lipinski definition) is 2. The van der Waals surface area contributed by atoms with Gasteiger partial charge in [-0.25, -0.2) is 0 Å². The van der Waals surface area contributed by atoms with Crippen LogP contribution in [0.2, 0.25) is 0 Å². The number of carbonyl (C=O) groups is 1. The molecule has 3 rings (SSSR count). The Balaban J connectivity index is 1.90. The zero-order valence-electron chi connectivity index (χ0n) is 11.8. The SMILES string of the molecule is C[C@@H]1CCC[C@H](C)N1C(=O)c1cc(N)cn1C1CC1. The molecule has 0 spiro atoms. The number of nitrogens with two attached hydrogens (primary N) is 1. The van der Waals surface area contributed by atoms with Crippen LogP contribution in [0, 0.1) is 0 Å². The monoisotopic (exact) mass is 261 g/mol. The number of nitrogens with zero attached hydrogens (tertiary/aromatic N) is 2. The second-order valence-electron chi connectivity index (χ2n) is 6.14. The van der Waals surface area contributed by atoms with Gasteiger partial charge in [0.15, 0.2) is 0 Å². The molecule has 1 aromatic heterocycles. The van der Waals surface area contributed by atoms with Gasteiger partial charge in [0.05, 0.1) is 5.69 Å². The summed E-state index contributed by atoms with van der Waals surface area (Å²) in [4.78, 5) is 14.9. The van der Waals surface area contributed by atoms with Crippen molar-refractivity contribution in [3.05, 3.63) is 18.0 Å². The van der Waals surface area contributed by atoms with Crippen molar-refractivity contribution in [2.45, 2.75) is 64.1 Å². The lowest BCUT2D eigenvalue weighted by Crippen LogP contribution is -2.48. The van der Waals surface area contributed by atoms with Crippen molar-refractivity contribution < 1.29 is 4.79 Å². The highest BCUT2D eigenvalue weighted by atomic mass is 16.2. The van der Waals surface area contributed by atoms with Crippen molar-refractivity contribution >= 4 is 11.6 Å². The molecule has 1 aromatic rings. The number of hydrogen-bond donors (Lipinski definition) is 1. The van der Waals surface area contributed by atoms with Gasteiger partial charge < -0.3 is 15.2 Å². The average molecular weight is 261 g/mol. The molecule has 2 fully saturated rings. The summed E-state index contributed by atoms with van der Waals surface area (Å²) in [7, 11) is 0. The van der Waals surface area contributed by atoms with Gasteiger partial charge in [-0.15, -0.1) is 0 Å². The molecule has 0 bridgehead atoms. The minimum Gasteiger partial charge on any atom is -0.397 e. The van der Waals surface area contributed by atoms with Crippen LogP contribution >= 0.6 is 0 Å². The lowest BCUT2D eigenvalue weighted by atomic mass is 9.97. The van der Waals surface area contributed by atoms with Crippen molar-refractivity contribution in [3.63, 3.8) is 0 Å². The van der Waals surface area contributed by atoms with E-state index < -0.39 is 0 Å². The minimum atomic E-state index is 0.156. The molecule has 0 unspecified atom stereocenters. The van der Waals surface area contributed by atoms with Gasteiger partial charge >= 0.3 is 0 Å². The fourth-order valence-corrected chi connectivity index (χ4v) is 3.28. The number of carbonyl (C=O) groups excluding carboxylic acids is 1. The number of rotatable bonds is 2. The lowest BCUT2D eigenvalue weighted by molar-refractivity contribution is 0.0499. The summed E-state index contributed by atoms with van der Waals surface area (Å²) in [6.45, 7) is 4.31. The van der Waals surface area contributed by atoms with Crippen LogP contribution in [0.1, 0.15) is 62.5 Å². The fourth-order valence-electron chi connectivity index (χ4n) is 3.28. The fraction of sp³-hybridized carbons (Fsp3) is 0.667. The quantitative estimate of drug-likeness (QED) is 0.890. The first-order chi connectivity index (χ1) is 9.08. The molecule has 1 aliphatic carbocycles. The smallest absolute Gasteiger partial charge is 0.271 e. The minimum absolute atomic E-state index is 0.156. The van der Waals surface area contributed by atoms with Gasteiger partial charge in [-0.05, 0) is 52.0 Å². The van der Waals surface area contributed by atoms with E-state index in [1.807, 2.05) is 12.3 Å². The molecule has 2 aliphatic rings. The molecule has 2 atom stereocenters. The maximum Gasteiger partial charge on any atom is 0.271 e. The van der Waals surface area contributed by atoms with Crippen molar-refractivity contribution in [2.24, 2.45) is 0 Å². The first kappa shape index (κ1) is 12.6. The summed E-state index contributed by atoms with van der Waals surface area (Å²) >= 11 is 0. The van der Waals surface area contributed by atoms with Crippen molar-refractivity contribution in [1.82, 2.24) is 9.47 Å². The zero-order chi connectivity index (χ0) is 13.6. The van der Waals surface area contributed by atoms with Crippen molar-refractivity contribution in [2.75, 3.05) is 5.73 Å². The largest absolute Gasteiger partial charge is 0.397 e. The topological polar surface area (TPSA) is 51.3 Å². The van der Waals surface area contributed by atoms with Gasteiger partial charge in [-0.2, -0.15) is 0 Å². The maximum atomic E-state index is 12.8. The molecular formula is C15H23N3O. The van der Waals surface area contributed by atoms with E-state index in [2.05, 4.69) is 23.3 Å². The molecule has 2 heterocycles.